The van der Waals surface area contributed by atoms with Gasteiger partial charge in [0.25, 0.3) is 0 Å². The zero-order valence-electron chi connectivity index (χ0n) is 18.0. The summed E-state index contributed by atoms with van der Waals surface area (Å²) >= 11 is 0. The molecule has 0 amide bonds. The monoisotopic (exact) mass is 499 g/mol. The third-order valence-corrected chi connectivity index (χ3v) is 5.70. The van der Waals surface area contributed by atoms with Crippen molar-refractivity contribution in [3.05, 3.63) is 63.7 Å². The van der Waals surface area contributed by atoms with Crippen LogP contribution >= 0.6 is 12.4 Å². The van der Waals surface area contributed by atoms with Crippen LogP contribution in [0.5, 0.6) is 5.75 Å². The minimum absolute atomic E-state index is 0. The van der Waals surface area contributed by atoms with E-state index in [2.05, 4.69) is 0 Å². The Hall–Kier alpha value is -3.28. The van der Waals surface area contributed by atoms with Crippen molar-refractivity contribution in [1.82, 2.24) is 4.57 Å². The van der Waals surface area contributed by atoms with Crippen molar-refractivity contribution in [2.24, 2.45) is 5.73 Å². The standard InChI is InChI=1S/C22H20F3N3O5.ClH/c1-32-17-9-27(8-15(17)26)19-14(25)6-11-18(21(19)33-2)28(7-12(20(11)29)22(30)31)16-4-3-10(23)5-13(16)24;/h3-7,15,17H,8-9,26H2,1-2H3,(H,30,31);1H. The number of methoxy groups -OCH3 is 2. The number of carbonyl (C=O) groups is 1. The van der Waals surface area contributed by atoms with Gasteiger partial charge in [0.2, 0.25) is 5.43 Å². The van der Waals surface area contributed by atoms with Crippen molar-refractivity contribution in [2.45, 2.75) is 12.1 Å². The molecule has 2 heterocycles. The van der Waals surface area contributed by atoms with Crippen LogP contribution in [0.15, 0.2) is 35.3 Å². The van der Waals surface area contributed by atoms with Gasteiger partial charge >= 0.3 is 5.97 Å². The van der Waals surface area contributed by atoms with Crippen LogP contribution in [0.3, 0.4) is 0 Å². The Bertz CT molecular complexity index is 1330. The second-order valence-corrected chi connectivity index (χ2v) is 7.62. The molecular formula is C22H21ClF3N3O5. The maximum absolute atomic E-state index is 15.3. The van der Waals surface area contributed by atoms with Crippen molar-refractivity contribution in [1.29, 1.82) is 0 Å². The highest BCUT2D eigenvalue weighted by atomic mass is 35.5. The molecule has 1 aliphatic heterocycles. The van der Waals surface area contributed by atoms with E-state index in [0.717, 1.165) is 29.0 Å². The first-order valence-electron chi connectivity index (χ1n) is 9.85. The number of nitrogens with zero attached hydrogens (tertiary/aromatic N) is 2. The Morgan fingerprint density at radius 1 is 1.15 bits per heavy atom. The van der Waals surface area contributed by atoms with Crippen LogP contribution < -0.4 is 20.8 Å². The summed E-state index contributed by atoms with van der Waals surface area (Å²) in [4.78, 5) is 26.1. The summed E-state index contributed by atoms with van der Waals surface area (Å²) < 4.78 is 55.4. The third kappa shape index (κ3) is 4.06. The largest absolute Gasteiger partial charge is 0.492 e. The van der Waals surface area contributed by atoms with E-state index in [1.54, 1.807) is 4.90 Å². The number of ether oxygens (including phenoxy) is 2. The Kier molecular flexibility index (Phi) is 7.10. The van der Waals surface area contributed by atoms with Crippen molar-refractivity contribution >= 4 is 35.0 Å². The molecule has 3 N–H and O–H groups in total. The molecule has 2 aromatic carbocycles. The number of anilines is 1. The molecular weight excluding hydrogens is 479 g/mol. The molecule has 8 nitrogen and oxygen atoms in total. The van der Waals surface area contributed by atoms with Crippen molar-refractivity contribution in [2.75, 3.05) is 32.2 Å². The number of hydrogen-bond donors (Lipinski definition) is 2. The summed E-state index contributed by atoms with van der Waals surface area (Å²) in [5.41, 5.74) is 3.99. The highest BCUT2D eigenvalue weighted by Crippen LogP contribution is 2.40. The highest BCUT2D eigenvalue weighted by Gasteiger charge is 2.35. The number of nitrogens with two attached hydrogens (primary N) is 1. The quantitative estimate of drug-likeness (QED) is 0.556. The number of aromatic nitrogens is 1. The molecule has 4 rings (SSSR count). The van der Waals surface area contributed by atoms with Gasteiger partial charge in [-0.25, -0.2) is 18.0 Å². The first kappa shape index (κ1) is 25.3. The van der Waals surface area contributed by atoms with Gasteiger partial charge in [-0.05, 0) is 18.2 Å². The number of benzene rings is 2. The van der Waals surface area contributed by atoms with Crippen LogP contribution in [0, 0.1) is 17.5 Å². The number of fused-ring (bicyclic) bond motifs is 1. The molecule has 1 fully saturated rings. The molecule has 0 spiro atoms. The van der Waals surface area contributed by atoms with Gasteiger partial charge in [0.1, 0.15) is 28.4 Å². The van der Waals surface area contributed by atoms with Gasteiger partial charge in [-0.1, -0.05) is 0 Å². The van der Waals surface area contributed by atoms with E-state index in [0.29, 0.717) is 6.07 Å². The van der Waals surface area contributed by atoms with E-state index in [9.17, 15) is 23.5 Å². The fraction of sp³-hybridized carbons (Fsp3) is 0.273. The van der Waals surface area contributed by atoms with Crippen LogP contribution in [-0.2, 0) is 4.74 Å². The summed E-state index contributed by atoms with van der Waals surface area (Å²) in [6, 6.07) is 3.11. The van der Waals surface area contributed by atoms with E-state index in [-0.39, 0.29) is 53.5 Å². The summed E-state index contributed by atoms with van der Waals surface area (Å²) in [5, 5.41) is 9.15. The van der Waals surface area contributed by atoms with E-state index in [1.807, 2.05) is 0 Å². The average Bonchev–Trinajstić information content (AvgIpc) is 3.13. The molecule has 2 unspecified atom stereocenters. The Balaban J connectivity index is 0.00000324. The lowest BCUT2D eigenvalue weighted by Gasteiger charge is -2.24. The number of rotatable bonds is 5. The van der Waals surface area contributed by atoms with Crippen LogP contribution in [0.1, 0.15) is 10.4 Å². The molecule has 1 saturated heterocycles. The molecule has 12 heteroatoms. The smallest absolute Gasteiger partial charge is 0.341 e. The lowest BCUT2D eigenvalue weighted by molar-refractivity contribution is 0.0695. The van der Waals surface area contributed by atoms with Crippen molar-refractivity contribution in [3.8, 4) is 11.4 Å². The number of pyridine rings is 1. The minimum atomic E-state index is -1.59. The van der Waals surface area contributed by atoms with E-state index in [4.69, 9.17) is 15.2 Å². The van der Waals surface area contributed by atoms with Crippen molar-refractivity contribution < 1.29 is 32.5 Å². The number of hydrogen-bond acceptors (Lipinski definition) is 6. The Morgan fingerprint density at radius 2 is 1.85 bits per heavy atom. The van der Waals surface area contributed by atoms with Gasteiger partial charge in [0, 0.05) is 32.5 Å². The predicted molar refractivity (Wildman–Crippen MR) is 121 cm³/mol. The van der Waals surface area contributed by atoms with Crippen LogP contribution in [0.4, 0.5) is 18.9 Å². The molecule has 0 radical (unpaired) electrons. The van der Waals surface area contributed by atoms with E-state index < -0.39 is 46.6 Å². The topological polar surface area (TPSA) is 107 Å². The summed E-state index contributed by atoms with van der Waals surface area (Å²) in [5.74, 6) is -4.45. The SMILES string of the molecule is COc1c(N2CC(N)C(OC)C2)c(F)cc2c(=O)c(C(=O)O)cn(-c3ccc(F)cc3F)c12.Cl. The van der Waals surface area contributed by atoms with Gasteiger partial charge in [-0.3, -0.25) is 4.79 Å². The summed E-state index contributed by atoms with van der Waals surface area (Å²) in [7, 11) is 2.72. The average molecular weight is 500 g/mol. The second kappa shape index (κ2) is 9.53. The van der Waals surface area contributed by atoms with Crippen molar-refractivity contribution in [3.63, 3.8) is 0 Å². The van der Waals surface area contributed by atoms with Gasteiger partial charge in [0.05, 0.1) is 30.3 Å². The maximum atomic E-state index is 15.3. The molecule has 1 aliphatic rings. The predicted octanol–water partition coefficient (Wildman–Crippen LogP) is 2.70. The highest BCUT2D eigenvalue weighted by molar-refractivity contribution is 5.98. The number of halogens is 4. The van der Waals surface area contributed by atoms with Gasteiger partial charge < -0.3 is 29.8 Å². The molecule has 182 valence electrons. The fourth-order valence-electron chi connectivity index (χ4n) is 4.15. The van der Waals surface area contributed by atoms with E-state index in [1.165, 1.54) is 14.2 Å². The molecule has 0 saturated carbocycles. The van der Waals surface area contributed by atoms with Crippen LogP contribution in [0.2, 0.25) is 0 Å². The first-order valence-corrected chi connectivity index (χ1v) is 9.85. The normalized spacial score (nSPS) is 17.6. The second-order valence-electron chi connectivity index (χ2n) is 7.62. The molecule has 3 aromatic rings. The Morgan fingerprint density at radius 3 is 2.41 bits per heavy atom. The van der Waals surface area contributed by atoms with E-state index >= 15 is 4.39 Å². The zero-order valence-corrected chi connectivity index (χ0v) is 18.9. The number of carboxylic acid groups (broad SMARTS) is 1. The number of carboxylic acids is 1. The van der Waals surface area contributed by atoms with Gasteiger partial charge in [0.15, 0.2) is 11.6 Å². The van der Waals surface area contributed by atoms with Crippen LogP contribution in [0.25, 0.3) is 16.6 Å². The summed E-state index contributed by atoms with van der Waals surface area (Å²) in [6.07, 6.45) is 0.511. The van der Waals surface area contributed by atoms with Gasteiger partial charge in [-0.2, -0.15) is 0 Å². The lowest BCUT2D eigenvalue weighted by Crippen LogP contribution is -2.34. The molecule has 1 aromatic heterocycles. The minimum Gasteiger partial charge on any atom is -0.492 e. The third-order valence-electron chi connectivity index (χ3n) is 5.70. The molecule has 0 bridgehead atoms. The van der Waals surface area contributed by atoms with Crippen LogP contribution in [-0.4, -0.2) is 55.1 Å². The fourth-order valence-corrected chi connectivity index (χ4v) is 4.15. The number of aromatic carboxylic acids is 1. The molecule has 0 aliphatic carbocycles. The molecule has 2 atom stereocenters. The molecule has 34 heavy (non-hydrogen) atoms. The maximum Gasteiger partial charge on any atom is 0.341 e. The summed E-state index contributed by atoms with van der Waals surface area (Å²) in [6.45, 7) is 0.429. The first-order chi connectivity index (χ1) is 15.7. The lowest BCUT2D eigenvalue weighted by atomic mass is 10.1. The van der Waals surface area contributed by atoms with Gasteiger partial charge in [-0.15, -0.1) is 12.4 Å². The zero-order chi connectivity index (χ0) is 24.0. The Labute approximate surface area is 197 Å².